The summed E-state index contributed by atoms with van der Waals surface area (Å²) in [7, 11) is -3.61. The number of ether oxygens (including phenoxy) is 1. The highest BCUT2D eigenvalue weighted by Crippen LogP contribution is 2.22. The van der Waals surface area contributed by atoms with E-state index in [9.17, 15) is 8.42 Å². The summed E-state index contributed by atoms with van der Waals surface area (Å²) in [4.78, 5) is 0.190. The lowest BCUT2D eigenvalue weighted by molar-refractivity contribution is 0.254. The molecule has 0 spiro atoms. The molecule has 21 heavy (non-hydrogen) atoms. The molecule has 0 bridgehead atoms. The van der Waals surface area contributed by atoms with Crippen LogP contribution in [0.15, 0.2) is 23.1 Å². The Labute approximate surface area is 127 Å². The average molecular weight is 315 g/mol. The van der Waals surface area contributed by atoms with E-state index >= 15 is 0 Å². The van der Waals surface area contributed by atoms with Crippen molar-refractivity contribution < 1.29 is 18.3 Å². The van der Waals surface area contributed by atoms with E-state index in [1.54, 1.807) is 12.1 Å². The van der Waals surface area contributed by atoms with Crippen molar-refractivity contribution in [3.63, 3.8) is 0 Å². The van der Waals surface area contributed by atoms with Gasteiger partial charge in [0.2, 0.25) is 10.0 Å². The summed E-state index contributed by atoms with van der Waals surface area (Å²) >= 11 is 0. The topological polar surface area (TPSA) is 75.6 Å². The van der Waals surface area contributed by atoms with Crippen molar-refractivity contribution in [3.8, 4) is 5.75 Å². The Morgan fingerprint density at radius 2 is 2.05 bits per heavy atom. The Balaban J connectivity index is 2.86. The van der Waals surface area contributed by atoms with Crippen molar-refractivity contribution in [2.75, 3.05) is 13.2 Å². The quantitative estimate of drug-likeness (QED) is 0.685. The molecule has 1 aromatic carbocycles. The molecular weight excluding hydrogens is 290 g/mol. The van der Waals surface area contributed by atoms with Crippen LogP contribution in [0, 0.1) is 6.92 Å². The molecule has 5 nitrogen and oxygen atoms in total. The van der Waals surface area contributed by atoms with Crippen molar-refractivity contribution in [2.45, 2.75) is 51.0 Å². The van der Waals surface area contributed by atoms with Gasteiger partial charge >= 0.3 is 0 Å². The van der Waals surface area contributed by atoms with Crippen molar-refractivity contribution in [1.29, 1.82) is 0 Å². The molecule has 0 saturated heterocycles. The van der Waals surface area contributed by atoms with Gasteiger partial charge in [0.1, 0.15) is 5.75 Å². The fourth-order valence-corrected chi connectivity index (χ4v) is 3.21. The average Bonchev–Trinajstić information content (AvgIpc) is 2.46. The Bertz CT molecular complexity index is 539. The standard InChI is InChI=1S/C15H25NO4S/c1-4-6-9-20-15-8-7-14(10-12(15)3)21(18,19)16-13(5-2)11-17/h7-8,10,13,16-17H,4-6,9,11H2,1-3H3/t13-/m1/s1. The summed E-state index contributed by atoms with van der Waals surface area (Å²) < 4.78 is 32.5. The van der Waals surface area contributed by atoms with Gasteiger partial charge in [-0.25, -0.2) is 13.1 Å². The Kier molecular flexibility index (Phi) is 7.14. The second-order valence-corrected chi connectivity index (χ2v) is 6.75. The van der Waals surface area contributed by atoms with E-state index in [0.29, 0.717) is 18.8 Å². The molecule has 0 unspecified atom stereocenters. The summed E-state index contributed by atoms with van der Waals surface area (Å²) in [6, 6.07) is 4.34. The molecule has 2 N–H and O–H groups in total. The van der Waals surface area contributed by atoms with E-state index in [0.717, 1.165) is 18.4 Å². The molecule has 0 aliphatic rings. The van der Waals surface area contributed by atoms with Gasteiger partial charge in [-0.3, -0.25) is 0 Å². The Morgan fingerprint density at radius 3 is 2.57 bits per heavy atom. The van der Waals surface area contributed by atoms with Gasteiger partial charge in [0.25, 0.3) is 0 Å². The number of rotatable bonds is 9. The molecule has 0 aliphatic heterocycles. The van der Waals surface area contributed by atoms with Gasteiger partial charge < -0.3 is 9.84 Å². The van der Waals surface area contributed by atoms with Crippen molar-refractivity contribution >= 4 is 10.0 Å². The number of aliphatic hydroxyl groups excluding tert-OH is 1. The zero-order chi connectivity index (χ0) is 15.9. The van der Waals surface area contributed by atoms with Gasteiger partial charge in [0.05, 0.1) is 18.1 Å². The van der Waals surface area contributed by atoms with E-state index in [1.807, 2.05) is 13.8 Å². The van der Waals surface area contributed by atoms with Crippen LogP contribution < -0.4 is 9.46 Å². The summed E-state index contributed by atoms with van der Waals surface area (Å²) in [5.74, 6) is 0.705. The Morgan fingerprint density at radius 1 is 1.33 bits per heavy atom. The first-order valence-electron chi connectivity index (χ1n) is 7.31. The molecule has 1 aromatic rings. The molecule has 0 radical (unpaired) electrons. The number of benzene rings is 1. The smallest absolute Gasteiger partial charge is 0.240 e. The third kappa shape index (κ3) is 5.30. The maximum absolute atomic E-state index is 12.2. The minimum atomic E-state index is -3.61. The van der Waals surface area contributed by atoms with Gasteiger partial charge in [-0.1, -0.05) is 20.3 Å². The Hall–Kier alpha value is -1.11. The summed E-state index contributed by atoms with van der Waals surface area (Å²) in [6.07, 6.45) is 2.55. The fraction of sp³-hybridized carbons (Fsp3) is 0.600. The van der Waals surface area contributed by atoms with Crippen LogP contribution in [0.5, 0.6) is 5.75 Å². The molecular formula is C15H25NO4S. The van der Waals surface area contributed by atoms with E-state index in [4.69, 9.17) is 9.84 Å². The molecule has 6 heteroatoms. The van der Waals surface area contributed by atoms with Crippen molar-refractivity contribution in [2.24, 2.45) is 0 Å². The molecule has 0 saturated carbocycles. The number of nitrogens with one attached hydrogen (secondary N) is 1. The van der Waals surface area contributed by atoms with Crippen LogP contribution in [0.25, 0.3) is 0 Å². The second kappa shape index (κ2) is 8.36. The molecule has 1 rings (SSSR count). The third-order valence-corrected chi connectivity index (χ3v) is 4.77. The maximum atomic E-state index is 12.2. The zero-order valence-electron chi connectivity index (χ0n) is 12.9. The van der Waals surface area contributed by atoms with E-state index in [2.05, 4.69) is 11.6 Å². The van der Waals surface area contributed by atoms with Crippen LogP contribution in [-0.2, 0) is 10.0 Å². The molecule has 0 aliphatic carbocycles. The van der Waals surface area contributed by atoms with E-state index in [1.165, 1.54) is 6.07 Å². The number of aliphatic hydroxyl groups is 1. The molecule has 120 valence electrons. The number of sulfonamides is 1. The lowest BCUT2D eigenvalue weighted by Gasteiger charge is -2.15. The highest BCUT2D eigenvalue weighted by atomic mass is 32.2. The van der Waals surface area contributed by atoms with Crippen LogP contribution in [0.1, 0.15) is 38.7 Å². The number of aryl methyl sites for hydroxylation is 1. The lowest BCUT2D eigenvalue weighted by Crippen LogP contribution is -2.36. The van der Waals surface area contributed by atoms with Gasteiger partial charge in [-0.05, 0) is 43.5 Å². The molecule has 0 fully saturated rings. The molecule has 0 heterocycles. The first-order valence-corrected chi connectivity index (χ1v) is 8.79. The van der Waals surface area contributed by atoms with Gasteiger partial charge in [0.15, 0.2) is 0 Å². The highest BCUT2D eigenvalue weighted by Gasteiger charge is 2.19. The number of hydrogen-bond donors (Lipinski definition) is 2. The lowest BCUT2D eigenvalue weighted by atomic mass is 10.2. The third-order valence-electron chi connectivity index (χ3n) is 3.25. The minimum Gasteiger partial charge on any atom is -0.493 e. The maximum Gasteiger partial charge on any atom is 0.240 e. The number of hydrogen-bond acceptors (Lipinski definition) is 4. The normalized spacial score (nSPS) is 13.1. The van der Waals surface area contributed by atoms with Crippen LogP contribution >= 0.6 is 0 Å². The van der Waals surface area contributed by atoms with E-state index in [-0.39, 0.29) is 11.5 Å². The van der Waals surface area contributed by atoms with Crippen LogP contribution in [0.4, 0.5) is 0 Å². The predicted molar refractivity (Wildman–Crippen MR) is 83.1 cm³/mol. The van der Waals surface area contributed by atoms with Gasteiger partial charge in [0, 0.05) is 6.04 Å². The summed E-state index contributed by atoms with van der Waals surface area (Å²) in [5, 5.41) is 9.11. The predicted octanol–water partition coefficient (Wildman–Crippen LogP) is 2.22. The van der Waals surface area contributed by atoms with Crippen LogP contribution in [0.2, 0.25) is 0 Å². The van der Waals surface area contributed by atoms with Crippen molar-refractivity contribution in [3.05, 3.63) is 23.8 Å². The van der Waals surface area contributed by atoms with E-state index < -0.39 is 16.1 Å². The van der Waals surface area contributed by atoms with Gasteiger partial charge in [-0.2, -0.15) is 0 Å². The first kappa shape index (κ1) is 17.9. The van der Waals surface area contributed by atoms with Crippen LogP contribution in [-0.4, -0.2) is 32.8 Å². The molecule has 0 amide bonds. The largest absolute Gasteiger partial charge is 0.493 e. The second-order valence-electron chi connectivity index (χ2n) is 5.04. The van der Waals surface area contributed by atoms with Crippen LogP contribution in [0.3, 0.4) is 0 Å². The highest BCUT2D eigenvalue weighted by molar-refractivity contribution is 7.89. The fourth-order valence-electron chi connectivity index (χ4n) is 1.81. The number of unbranched alkanes of at least 4 members (excludes halogenated alkanes) is 1. The summed E-state index contributed by atoms with van der Waals surface area (Å²) in [5.41, 5.74) is 0.783. The summed E-state index contributed by atoms with van der Waals surface area (Å²) in [6.45, 7) is 6.14. The van der Waals surface area contributed by atoms with Gasteiger partial charge in [-0.15, -0.1) is 0 Å². The van der Waals surface area contributed by atoms with Crippen molar-refractivity contribution in [1.82, 2.24) is 4.72 Å². The first-order chi connectivity index (χ1) is 9.94. The molecule has 0 aromatic heterocycles. The minimum absolute atomic E-state index is 0.190. The molecule has 1 atom stereocenters. The zero-order valence-corrected chi connectivity index (χ0v) is 13.7. The SMILES string of the molecule is CCCCOc1ccc(S(=O)(=O)N[C@H](CC)CO)cc1C. The monoisotopic (exact) mass is 315 g/mol.